The van der Waals surface area contributed by atoms with E-state index in [1.807, 2.05) is 52.0 Å². The molecular weight excluding hydrogens is 376 g/mol. The van der Waals surface area contributed by atoms with Gasteiger partial charge in [0, 0.05) is 17.1 Å². The normalized spacial score (nSPS) is 4.18. The number of hydrogen-bond donors (Lipinski definition) is 0. The maximum Gasteiger partial charge on any atom is 2.00 e. The SMILES string of the molecule is C/C=C/C.C/C=C/C.[C-]#[O+].[C-]#[O+].[C-]#[O+].[C-]#[O+].[CH-]=O.[CH-]=O.[Fe+2].[Fe]. The van der Waals surface area contributed by atoms with Gasteiger partial charge in [0.1, 0.15) is 0 Å². The van der Waals surface area contributed by atoms with Crippen molar-refractivity contribution in [1.82, 2.24) is 0 Å². The predicted octanol–water partition coefficient (Wildman–Crippen LogP) is 2.46. The molecule has 6 nitrogen and oxygen atoms in total. The summed E-state index contributed by atoms with van der Waals surface area (Å²) in [6.07, 6.45) is 8.00. The summed E-state index contributed by atoms with van der Waals surface area (Å²) in [7, 11) is 0. The van der Waals surface area contributed by atoms with Crippen LogP contribution in [0.2, 0.25) is 0 Å². The second-order valence-electron chi connectivity index (χ2n) is 1.33. The quantitative estimate of drug-likeness (QED) is 0.207. The smallest absolute Gasteiger partial charge is 0.545 e. The van der Waals surface area contributed by atoms with Crippen LogP contribution in [0, 0.1) is 26.6 Å². The van der Waals surface area contributed by atoms with E-state index >= 15 is 0 Å². The van der Waals surface area contributed by atoms with Crippen LogP contribution in [-0.2, 0) is 62.3 Å². The van der Waals surface area contributed by atoms with Crippen molar-refractivity contribution in [3.8, 4) is 0 Å². The summed E-state index contributed by atoms with van der Waals surface area (Å²) in [6, 6.07) is 0. The molecule has 0 N–H and O–H groups in total. The van der Waals surface area contributed by atoms with Gasteiger partial charge in [0.2, 0.25) is 0 Å². The molecule has 0 radical (unpaired) electrons. The molecule has 0 heterocycles. The third-order valence-corrected chi connectivity index (χ3v) is 0.667. The van der Waals surface area contributed by atoms with Gasteiger partial charge >= 0.3 is 62.3 Å². The molecule has 0 fully saturated rings. The number of hydrogen-bond acceptors (Lipinski definition) is 2. The minimum Gasteiger partial charge on any atom is -0.545 e. The van der Waals surface area contributed by atoms with Crippen molar-refractivity contribution < 1.29 is 62.3 Å². The van der Waals surface area contributed by atoms with E-state index in [0.717, 1.165) is 0 Å². The maximum atomic E-state index is 7.75. The molecule has 0 atom stereocenters. The molecule has 22 heavy (non-hydrogen) atoms. The van der Waals surface area contributed by atoms with Crippen LogP contribution in [0.25, 0.3) is 0 Å². The van der Waals surface area contributed by atoms with Gasteiger partial charge in [-0.25, -0.2) is 0 Å². The van der Waals surface area contributed by atoms with Crippen molar-refractivity contribution >= 4 is 13.6 Å². The van der Waals surface area contributed by atoms with Crippen LogP contribution in [0.5, 0.6) is 0 Å². The third kappa shape index (κ3) is 8910. The molecule has 0 amide bonds. The van der Waals surface area contributed by atoms with E-state index in [0.29, 0.717) is 0 Å². The largest absolute Gasteiger partial charge is 2.00 e. The van der Waals surface area contributed by atoms with Gasteiger partial charge in [0.25, 0.3) is 0 Å². The van der Waals surface area contributed by atoms with Crippen LogP contribution in [0.3, 0.4) is 0 Å². The Morgan fingerprint density at radius 2 is 0.591 bits per heavy atom. The summed E-state index contributed by atoms with van der Waals surface area (Å²) in [5.41, 5.74) is 0. The zero-order chi connectivity index (χ0) is 18.8. The monoisotopic (exact) mass is 394 g/mol. The minimum atomic E-state index is 0. The van der Waals surface area contributed by atoms with Crippen molar-refractivity contribution in [2.24, 2.45) is 0 Å². The Labute approximate surface area is 154 Å². The topological polar surface area (TPSA) is 114 Å². The first-order valence-corrected chi connectivity index (χ1v) is 4.26. The van der Waals surface area contributed by atoms with Gasteiger partial charge in [0.15, 0.2) is 0 Å². The van der Waals surface area contributed by atoms with Crippen molar-refractivity contribution in [2.45, 2.75) is 27.7 Å². The summed E-state index contributed by atoms with van der Waals surface area (Å²) in [6.45, 7) is 32.5. The summed E-state index contributed by atoms with van der Waals surface area (Å²) in [4.78, 5) is 15.5. The Morgan fingerprint density at radius 1 is 0.545 bits per heavy atom. The fraction of sp³-hybridized carbons (Fsp3) is 0.286. The Balaban J connectivity index is -0.00000000950. The summed E-state index contributed by atoms with van der Waals surface area (Å²) in [5, 5.41) is 0. The molecule has 0 aliphatic carbocycles. The van der Waals surface area contributed by atoms with E-state index in [4.69, 9.17) is 28.2 Å². The van der Waals surface area contributed by atoms with Crippen molar-refractivity contribution in [3.05, 3.63) is 50.9 Å². The molecule has 0 aliphatic heterocycles. The van der Waals surface area contributed by atoms with Gasteiger partial charge in [-0.3, -0.25) is 13.6 Å². The van der Waals surface area contributed by atoms with E-state index < -0.39 is 0 Å². The molecule has 0 aromatic carbocycles. The fourth-order valence-electron chi connectivity index (χ4n) is 0. The zero-order valence-electron chi connectivity index (χ0n) is 12.6. The van der Waals surface area contributed by atoms with Crippen LogP contribution in [0.1, 0.15) is 27.7 Å². The summed E-state index contributed by atoms with van der Waals surface area (Å²) < 4.78 is 30.0. The summed E-state index contributed by atoms with van der Waals surface area (Å²) in [5.74, 6) is 0. The molecule has 126 valence electrons. The third-order valence-electron chi connectivity index (χ3n) is 0.667. The molecule has 8 heteroatoms. The van der Waals surface area contributed by atoms with Crippen molar-refractivity contribution in [2.75, 3.05) is 0 Å². The maximum absolute atomic E-state index is 7.75. The molecule has 0 aromatic heterocycles. The van der Waals surface area contributed by atoms with Crippen LogP contribution in [0.15, 0.2) is 24.3 Å². The molecule has 0 bridgehead atoms. The van der Waals surface area contributed by atoms with E-state index in [2.05, 4.69) is 40.2 Å². The molecule has 0 aliphatic rings. The molecule has 0 saturated heterocycles. The van der Waals surface area contributed by atoms with Gasteiger partial charge in [-0.1, -0.05) is 24.3 Å². The second kappa shape index (κ2) is 883. The van der Waals surface area contributed by atoms with Crippen molar-refractivity contribution in [3.63, 3.8) is 0 Å². The van der Waals surface area contributed by atoms with Crippen LogP contribution in [-0.4, -0.2) is 13.6 Å². The average molecular weight is 394 g/mol. The van der Waals surface area contributed by atoms with Crippen molar-refractivity contribution in [1.29, 1.82) is 0 Å². The van der Waals surface area contributed by atoms with Crippen LogP contribution < -0.4 is 0 Å². The van der Waals surface area contributed by atoms with Crippen LogP contribution >= 0.6 is 0 Å². The molecular formula is C14H18Fe2O6. The minimum absolute atomic E-state index is 0. The molecule has 0 rings (SSSR count). The second-order valence-corrected chi connectivity index (χ2v) is 1.33. The van der Waals surface area contributed by atoms with Gasteiger partial charge in [0.05, 0.1) is 0 Å². The Hall–Kier alpha value is -1.18. The Morgan fingerprint density at radius 3 is 0.591 bits per heavy atom. The first kappa shape index (κ1) is 69.9. The zero-order valence-corrected chi connectivity index (χ0v) is 14.8. The Bertz CT molecular complexity index is 176. The fourth-order valence-corrected chi connectivity index (χ4v) is 0. The summed E-state index contributed by atoms with van der Waals surface area (Å²) >= 11 is 0. The van der Waals surface area contributed by atoms with Gasteiger partial charge in [-0.2, -0.15) is 0 Å². The number of allylic oxidation sites excluding steroid dienone is 4. The number of rotatable bonds is 0. The van der Waals surface area contributed by atoms with E-state index in [1.165, 1.54) is 0 Å². The van der Waals surface area contributed by atoms with E-state index in [-0.39, 0.29) is 34.1 Å². The predicted molar refractivity (Wildman–Crippen MR) is 70.2 cm³/mol. The van der Waals surface area contributed by atoms with Gasteiger partial charge in [-0.05, 0) is 27.7 Å². The molecule has 0 spiro atoms. The van der Waals surface area contributed by atoms with E-state index in [1.54, 1.807) is 0 Å². The molecule has 0 aromatic rings. The number of carbonyl (C=O) groups excluding carboxylic acids is 2. The van der Waals surface area contributed by atoms with Crippen LogP contribution in [0.4, 0.5) is 0 Å². The van der Waals surface area contributed by atoms with E-state index in [9.17, 15) is 0 Å². The average Bonchev–Trinajstić information content (AvgIpc) is 2.65. The Kier molecular flexibility index (Phi) is 2800. The molecule has 0 unspecified atom stereocenters. The molecule has 0 saturated carbocycles. The van der Waals surface area contributed by atoms with Gasteiger partial charge in [-0.15, -0.1) is 0 Å². The first-order valence-electron chi connectivity index (χ1n) is 4.26. The standard InChI is InChI=1S/2C4H8.2CHO.4CO.2Fe/c2*1-3-4-2;6*1-2;;/h2*3-4H,1-2H3;2*1H;;;;;;/q;;2*-1;;;;;;+2/b2*4-3+;;;;;;;;. The first-order chi connectivity index (χ1) is 9.83. The van der Waals surface area contributed by atoms with Gasteiger partial charge < -0.3 is 9.59 Å².